The second-order valence-corrected chi connectivity index (χ2v) is 7.09. The van der Waals surface area contributed by atoms with Gasteiger partial charge in [0.15, 0.2) is 9.84 Å². The Balaban J connectivity index is 2.33. The largest absolute Gasteiger partial charge is 0.303 e. The number of rotatable bonds is 4. The molecule has 1 saturated carbocycles. The van der Waals surface area contributed by atoms with Gasteiger partial charge in [-0.1, -0.05) is 30.7 Å². The summed E-state index contributed by atoms with van der Waals surface area (Å²) >= 11 is 5.87. The summed E-state index contributed by atoms with van der Waals surface area (Å²) < 4.78 is 23.6. The van der Waals surface area contributed by atoms with Gasteiger partial charge >= 0.3 is 0 Å². The molecule has 1 aliphatic rings. The molecule has 0 unspecified atom stereocenters. The Morgan fingerprint density at radius 2 is 2.12 bits per heavy atom. The van der Waals surface area contributed by atoms with Crippen molar-refractivity contribution in [1.82, 2.24) is 0 Å². The van der Waals surface area contributed by atoms with E-state index in [0.29, 0.717) is 5.02 Å². The Labute approximate surface area is 106 Å². The van der Waals surface area contributed by atoms with Crippen LogP contribution in [0.15, 0.2) is 24.3 Å². The van der Waals surface area contributed by atoms with Crippen molar-refractivity contribution >= 4 is 27.7 Å². The van der Waals surface area contributed by atoms with Crippen LogP contribution in [0.2, 0.25) is 5.02 Å². The number of hydrogen-bond donors (Lipinski definition) is 0. The summed E-state index contributed by atoms with van der Waals surface area (Å²) in [4.78, 5) is 10.9. The number of benzene rings is 1. The molecule has 0 bridgehead atoms. The Kier molecular flexibility index (Phi) is 3.27. The maximum absolute atomic E-state index is 11.8. The lowest BCUT2D eigenvalue weighted by molar-refractivity contribution is -0.108. The molecule has 3 atom stereocenters. The van der Waals surface area contributed by atoms with E-state index < -0.39 is 21.0 Å². The monoisotopic (exact) mass is 272 g/mol. The van der Waals surface area contributed by atoms with Crippen molar-refractivity contribution in [2.45, 2.75) is 18.1 Å². The highest BCUT2D eigenvalue weighted by Crippen LogP contribution is 2.51. The van der Waals surface area contributed by atoms with Gasteiger partial charge in [-0.15, -0.1) is 0 Å². The van der Waals surface area contributed by atoms with Gasteiger partial charge in [0.05, 0.1) is 5.25 Å². The average molecular weight is 273 g/mol. The second-order valence-electron chi connectivity index (χ2n) is 4.21. The van der Waals surface area contributed by atoms with Crippen molar-refractivity contribution in [3.05, 3.63) is 34.9 Å². The molecule has 2 rings (SSSR count). The van der Waals surface area contributed by atoms with E-state index in [4.69, 9.17) is 11.6 Å². The van der Waals surface area contributed by atoms with E-state index >= 15 is 0 Å². The lowest BCUT2D eigenvalue weighted by Gasteiger charge is -2.01. The topological polar surface area (TPSA) is 51.2 Å². The molecule has 5 heteroatoms. The molecule has 0 aliphatic heterocycles. The summed E-state index contributed by atoms with van der Waals surface area (Å²) in [5.41, 5.74) is 0.830. The van der Waals surface area contributed by atoms with Gasteiger partial charge in [0, 0.05) is 22.6 Å². The van der Waals surface area contributed by atoms with E-state index in [9.17, 15) is 13.2 Å². The van der Waals surface area contributed by atoms with Gasteiger partial charge < -0.3 is 4.79 Å². The van der Waals surface area contributed by atoms with Gasteiger partial charge in [-0.25, -0.2) is 8.42 Å². The van der Waals surface area contributed by atoms with Crippen molar-refractivity contribution in [2.75, 3.05) is 5.75 Å². The van der Waals surface area contributed by atoms with Crippen molar-refractivity contribution in [3.8, 4) is 0 Å². The second kappa shape index (κ2) is 4.42. The van der Waals surface area contributed by atoms with Gasteiger partial charge in [-0.05, 0) is 17.7 Å². The van der Waals surface area contributed by atoms with Crippen LogP contribution in [-0.4, -0.2) is 25.7 Å². The van der Waals surface area contributed by atoms with Gasteiger partial charge in [0.25, 0.3) is 0 Å². The first kappa shape index (κ1) is 12.6. The smallest absolute Gasteiger partial charge is 0.154 e. The molecule has 92 valence electrons. The Morgan fingerprint density at radius 1 is 1.41 bits per heavy atom. The van der Waals surface area contributed by atoms with E-state index in [-0.39, 0.29) is 11.7 Å². The predicted octanol–water partition coefficient (Wildman–Crippen LogP) is 2.06. The first-order valence-electron chi connectivity index (χ1n) is 5.43. The summed E-state index contributed by atoms with van der Waals surface area (Å²) in [7, 11) is -3.17. The number of halogens is 1. The fraction of sp³-hybridized carbons (Fsp3) is 0.417. The molecule has 1 aromatic rings. The average Bonchev–Trinajstić information content (AvgIpc) is 3.04. The molecule has 0 saturated heterocycles. The zero-order valence-electron chi connectivity index (χ0n) is 9.34. The number of carbonyl (C=O) groups excluding carboxylic acids is 1. The first-order chi connectivity index (χ1) is 8.01. The number of hydrogen-bond acceptors (Lipinski definition) is 3. The van der Waals surface area contributed by atoms with Crippen LogP contribution in [-0.2, 0) is 14.6 Å². The van der Waals surface area contributed by atoms with Crippen LogP contribution in [0.5, 0.6) is 0 Å². The minimum Gasteiger partial charge on any atom is -0.303 e. The lowest BCUT2D eigenvalue weighted by Crippen LogP contribution is -2.12. The van der Waals surface area contributed by atoms with Gasteiger partial charge in [-0.2, -0.15) is 0 Å². The quantitative estimate of drug-likeness (QED) is 0.789. The molecule has 1 fully saturated rings. The Bertz CT molecular complexity index is 538. The van der Waals surface area contributed by atoms with Crippen LogP contribution < -0.4 is 0 Å². The van der Waals surface area contributed by atoms with Crippen LogP contribution in [0.1, 0.15) is 18.4 Å². The minimum absolute atomic E-state index is 0.0685. The van der Waals surface area contributed by atoms with Crippen LogP contribution in [0.4, 0.5) is 0 Å². The number of sulfone groups is 1. The molecule has 1 aromatic carbocycles. The maximum atomic E-state index is 11.8. The summed E-state index contributed by atoms with van der Waals surface area (Å²) in [6, 6.07) is 7.05. The van der Waals surface area contributed by atoms with Crippen molar-refractivity contribution in [3.63, 3.8) is 0 Å². The minimum atomic E-state index is -3.17. The third kappa shape index (κ3) is 2.24. The molecule has 0 N–H and O–H groups in total. The number of aldehydes is 1. The summed E-state index contributed by atoms with van der Waals surface area (Å²) in [5.74, 6) is -0.575. The van der Waals surface area contributed by atoms with Crippen LogP contribution >= 0.6 is 11.6 Å². The molecular formula is C12H13ClO3S. The first-order valence-corrected chi connectivity index (χ1v) is 7.53. The summed E-state index contributed by atoms with van der Waals surface area (Å²) in [5, 5.41) is -0.00448. The molecular weight excluding hydrogens is 260 g/mol. The fourth-order valence-electron chi connectivity index (χ4n) is 2.25. The van der Waals surface area contributed by atoms with E-state index in [0.717, 1.165) is 11.8 Å². The molecule has 1 aliphatic carbocycles. The highest BCUT2D eigenvalue weighted by molar-refractivity contribution is 7.92. The van der Waals surface area contributed by atoms with Gasteiger partial charge in [0.1, 0.15) is 6.29 Å². The van der Waals surface area contributed by atoms with Crippen molar-refractivity contribution in [1.29, 1.82) is 0 Å². The predicted molar refractivity (Wildman–Crippen MR) is 67.0 cm³/mol. The molecule has 0 spiro atoms. The third-order valence-corrected chi connectivity index (χ3v) is 5.69. The molecule has 0 heterocycles. The van der Waals surface area contributed by atoms with Crippen molar-refractivity contribution < 1.29 is 13.2 Å². The van der Waals surface area contributed by atoms with Crippen LogP contribution in [0.3, 0.4) is 0 Å². The SMILES string of the molecule is CCS(=O)(=O)[C@@H]1[C@H](C=O)[C@H]1c1cccc(Cl)c1. The van der Waals surface area contributed by atoms with Gasteiger partial charge in [-0.3, -0.25) is 0 Å². The van der Waals surface area contributed by atoms with E-state index in [1.807, 2.05) is 6.07 Å². The van der Waals surface area contributed by atoms with E-state index in [1.54, 1.807) is 25.1 Å². The molecule has 0 aromatic heterocycles. The van der Waals surface area contributed by atoms with E-state index in [2.05, 4.69) is 0 Å². The van der Waals surface area contributed by atoms with E-state index in [1.165, 1.54) is 0 Å². The molecule has 0 radical (unpaired) electrons. The van der Waals surface area contributed by atoms with Crippen molar-refractivity contribution in [2.24, 2.45) is 5.92 Å². The lowest BCUT2D eigenvalue weighted by atomic mass is 10.1. The molecule has 0 amide bonds. The maximum Gasteiger partial charge on any atom is 0.154 e. The highest BCUT2D eigenvalue weighted by Gasteiger charge is 2.57. The fourth-order valence-corrected chi connectivity index (χ4v) is 4.24. The molecule has 3 nitrogen and oxygen atoms in total. The standard InChI is InChI=1S/C12H13ClO3S/c1-2-17(15,16)12-10(7-14)11(12)8-4-3-5-9(13)6-8/h3-7,10-12H,2H2,1H3/t10-,11-,12-/m1/s1. The Hall–Kier alpha value is -0.870. The van der Waals surface area contributed by atoms with Gasteiger partial charge in [0.2, 0.25) is 0 Å². The molecule has 17 heavy (non-hydrogen) atoms. The normalized spacial score (nSPS) is 27.8. The zero-order chi connectivity index (χ0) is 12.6. The van der Waals surface area contributed by atoms with Crippen LogP contribution in [0.25, 0.3) is 0 Å². The highest BCUT2D eigenvalue weighted by atomic mass is 35.5. The number of carbonyl (C=O) groups is 1. The zero-order valence-corrected chi connectivity index (χ0v) is 10.9. The summed E-state index contributed by atoms with van der Waals surface area (Å²) in [6.45, 7) is 1.60. The Morgan fingerprint density at radius 3 is 2.65 bits per heavy atom. The third-order valence-electron chi connectivity index (χ3n) is 3.21. The van der Waals surface area contributed by atoms with Crippen LogP contribution in [0, 0.1) is 5.92 Å². The summed E-state index contributed by atoms with van der Waals surface area (Å²) in [6.07, 6.45) is 0.740.